The van der Waals surface area contributed by atoms with Crippen molar-refractivity contribution in [2.75, 3.05) is 18.4 Å². The van der Waals surface area contributed by atoms with Crippen molar-refractivity contribution in [1.29, 1.82) is 0 Å². The minimum atomic E-state index is -0.821. The molecule has 3 rings (SSSR count). The summed E-state index contributed by atoms with van der Waals surface area (Å²) in [7, 11) is 0. The number of carbonyl (C=O) groups is 2. The molecule has 0 radical (unpaired) electrons. The maximum absolute atomic E-state index is 12.4. The Balaban J connectivity index is 1.62. The third kappa shape index (κ3) is 3.65. The summed E-state index contributed by atoms with van der Waals surface area (Å²) in [5.41, 5.74) is 1.12. The summed E-state index contributed by atoms with van der Waals surface area (Å²) >= 11 is 1.57. The van der Waals surface area contributed by atoms with Crippen LogP contribution in [-0.2, 0) is 17.6 Å². The number of anilines is 1. The van der Waals surface area contributed by atoms with Gasteiger partial charge in [-0.15, -0.1) is 11.3 Å². The van der Waals surface area contributed by atoms with E-state index in [0.29, 0.717) is 18.1 Å². The standard InChI is InChI=1S/C16H23N3O3S/c1-2-10-5-6-12-13(8-10)23-15(17-12)18-16(22)19-7-3-4-11(9-19)14(20)21/h10-11H,2-9H2,1H3,(H,20,21)(H,17,18,22). The number of fused-ring (bicyclic) bond motifs is 1. The summed E-state index contributed by atoms with van der Waals surface area (Å²) in [6.07, 6.45) is 5.78. The Morgan fingerprint density at radius 2 is 2.26 bits per heavy atom. The van der Waals surface area contributed by atoms with Gasteiger partial charge in [-0.2, -0.15) is 0 Å². The second kappa shape index (κ2) is 6.86. The topological polar surface area (TPSA) is 82.5 Å². The molecule has 2 unspecified atom stereocenters. The average Bonchev–Trinajstić information content (AvgIpc) is 2.95. The van der Waals surface area contributed by atoms with Gasteiger partial charge in [0.1, 0.15) is 0 Å². The Kier molecular flexibility index (Phi) is 4.84. The van der Waals surface area contributed by atoms with Crippen molar-refractivity contribution < 1.29 is 14.7 Å². The highest BCUT2D eigenvalue weighted by Crippen LogP contribution is 2.33. The maximum atomic E-state index is 12.4. The van der Waals surface area contributed by atoms with Crippen LogP contribution in [0.1, 0.15) is 43.2 Å². The molecule has 0 bridgehead atoms. The van der Waals surface area contributed by atoms with E-state index in [1.54, 1.807) is 16.2 Å². The van der Waals surface area contributed by atoms with Crippen LogP contribution in [0.5, 0.6) is 0 Å². The smallest absolute Gasteiger partial charge is 0.323 e. The molecular formula is C16H23N3O3S. The summed E-state index contributed by atoms with van der Waals surface area (Å²) in [6.45, 7) is 3.11. The molecule has 1 aromatic heterocycles. The molecule has 1 fully saturated rings. The van der Waals surface area contributed by atoms with E-state index in [1.165, 1.54) is 17.7 Å². The number of aryl methyl sites for hydroxylation is 1. The second-order valence-corrected chi connectivity index (χ2v) is 7.54. The fourth-order valence-corrected chi connectivity index (χ4v) is 4.49. The number of urea groups is 1. The number of nitrogens with zero attached hydrogens (tertiary/aromatic N) is 2. The molecule has 23 heavy (non-hydrogen) atoms. The van der Waals surface area contributed by atoms with E-state index in [1.807, 2.05) is 0 Å². The highest BCUT2D eigenvalue weighted by Gasteiger charge is 2.29. The molecule has 2 aliphatic rings. The van der Waals surface area contributed by atoms with Gasteiger partial charge in [0, 0.05) is 18.0 Å². The van der Waals surface area contributed by atoms with Gasteiger partial charge in [-0.25, -0.2) is 9.78 Å². The van der Waals surface area contributed by atoms with Gasteiger partial charge in [0.2, 0.25) is 0 Å². The number of aliphatic carboxylic acids is 1. The molecule has 2 heterocycles. The molecule has 1 saturated heterocycles. The Labute approximate surface area is 139 Å². The van der Waals surface area contributed by atoms with Gasteiger partial charge >= 0.3 is 12.0 Å². The highest BCUT2D eigenvalue weighted by atomic mass is 32.1. The molecule has 0 spiro atoms. The number of carboxylic acids is 1. The van der Waals surface area contributed by atoms with Crippen LogP contribution >= 0.6 is 11.3 Å². The average molecular weight is 337 g/mol. The molecule has 2 atom stereocenters. The number of hydrogen-bond donors (Lipinski definition) is 2. The van der Waals surface area contributed by atoms with Crippen molar-refractivity contribution in [3.63, 3.8) is 0 Å². The van der Waals surface area contributed by atoms with Crippen LogP contribution in [0.4, 0.5) is 9.93 Å². The number of piperidine rings is 1. The maximum Gasteiger partial charge on any atom is 0.323 e. The Bertz CT molecular complexity index is 601. The van der Waals surface area contributed by atoms with Gasteiger partial charge in [0.25, 0.3) is 0 Å². The third-order valence-electron chi connectivity index (χ3n) is 4.89. The number of hydrogen-bond acceptors (Lipinski definition) is 4. The summed E-state index contributed by atoms with van der Waals surface area (Å²) < 4.78 is 0. The van der Waals surface area contributed by atoms with Crippen LogP contribution in [0, 0.1) is 11.8 Å². The van der Waals surface area contributed by atoms with Crippen LogP contribution in [0.15, 0.2) is 0 Å². The van der Waals surface area contributed by atoms with Gasteiger partial charge in [0.05, 0.1) is 11.6 Å². The zero-order valence-corrected chi connectivity index (χ0v) is 14.2. The summed E-state index contributed by atoms with van der Waals surface area (Å²) in [4.78, 5) is 30.9. The number of nitrogens with one attached hydrogen (secondary N) is 1. The summed E-state index contributed by atoms with van der Waals surface area (Å²) in [6, 6.07) is -0.228. The van der Waals surface area contributed by atoms with Crippen LogP contribution in [0.25, 0.3) is 0 Å². The van der Waals surface area contributed by atoms with E-state index in [-0.39, 0.29) is 12.6 Å². The van der Waals surface area contributed by atoms with Crippen LogP contribution in [0.2, 0.25) is 0 Å². The number of rotatable bonds is 3. The minimum Gasteiger partial charge on any atom is -0.481 e. The van der Waals surface area contributed by atoms with Crippen LogP contribution < -0.4 is 5.32 Å². The first-order valence-electron chi connectivity index (χ1n) is 8.34. The van der Waals surface area contributed by atoms with Gasteiger partial charge in [-0.1, -0.05) is 13.3 Å². The number of aromatic nitrogens is 1. The van der Waals surface area contributed by atoms with Crippen molar-refractivity contribution in [3.8, 4) is 0 Å². The Hall–Kier alpha value is -1.63. The fraction of sp³-hybridized carbons (Fsp3) is 0.688. The molecule has 0 saturated carbocycles. The number of likely N-dealkylation sites (tertiary alicyclic amines) is 1. The van der Waals surface area contributed by atoms with E-state index in [4.69, 9.17) is 5.11 Å². The lowest BCUT2D eigenvalue weighted by molar-refractivity contribution is -0.143. The number of amides is 2. The first kappa shape index (κ1) is 16.2. The predicted molar refractivity (Wildman–Crippen MR) is 88.9 cm³/mol. The Morgan fingerprint density at radius 3 is 3.00 bits per heavy atom. The first-order chi connectivity index (χ1) is 11.1. The molecule has 1 aliphatic carbocycles. The number of thiazole rings is 1. The van der Waals surface area contributed by atoms with Crippen molar-refractivity contribution in [2.45, 2.75) is 45.4 Å². The molecule has 126 valence electrons. The van der Waals surface area contributed by atoms with E-state index in [0.717, 1.165) is 30.9 Å². The first-order valence-corrected chi connectivity index (χ1v) is 9.15. The lowest BCUT2D eigenvalue weighted by Crippen LogP contribution is -2.44. The van der Waals surface area contributed by atoms with E-state index in [9.17, 15) is 9.59 Å². The van der Waals surface area contributed by atoms with Crippen LogP contribution in [0.3, 0.4) is 0 Å². The van der Waals surface area contributed by atoms with Crippen LogP contribution in [-0.4, -0.2) is 40.1 Å². The minimum absolute atomic E-state index is 0.228. The van der Waals surface area contributed by atoms with Gasteiger partial charge in [0.15, 0.2) is 5.13 Å². The molecule has 7 heteroatoms. The normalized spacial score (nSPS) is 24.1. The Morgan fingerprint density at radius 1 is 1.43 bits per heavy atom. The van der Waals surface area contributed by atoms with Gasteiger partial charge in [-0.05, 0) is 38.0 Å². The van der Waals surface area contributed by atoms with Crippen molar-refractivity contribution >= 4 is 28.5 Å². The largest absolute Gasteiger partial charge is 0.481 e. The fourth-order valence-electron chi connectivity index (χ4n) is 3.38. The van der Waals surface area contributed by atoms with Crippen molar-refractivity contribution in [2.24, 2.45) is 11.8 Å². The zero-order valence-electron chi connectivity index (χ0n) is 13.4. The molecule has 1 aliphatic heterocycles. The third-order valence-corrected chi connectivity index (χ3v) is 5.93. The van der Waals surface area contributed by atoms with E-state index >= 15 is 0 Å². The summed E-state index contributed by atoms with van der Waals surface area (Å²) in [5.74, 6) is -0.549. The second-order valence-electron chi connectivity index (χ2n) is 6.46. The predicted octanol–water partition coefficient (Wildman–Crippen LogP) is 2.99. The van der Waals surface area contributed by atoms with E-state index in [2.05, 4.69) is 17.2 Å². The van der Waals surface area contributed by atoms with Gasteiger partial charge < -0.3 is 10.0 Å². The molecule has 2 N–H and O–H groups in total. The number of carbonyl (C=O) groups excluding carboxylic acids is 1. The van der Waals surface area contributed by atoms with Crippen molar-refractivity contribution in [3.05, 3.63) is 10.6 Å². The lowest BCUT2D eigenvalue weighted by atomic mass is 9.89. The lowest BCUT2D eigenvalue weighted by Gasteiger charge is -2.30. The quantitative estimate of drug-likeness (QED) is 0.888. The summed E-state index contributed by atoms with van der Waals surface area (Å²) in [5, 5.41) is 12.6. The molecule has 6 nitrogen and oxygen atoms in total. The molecule has 2 amide bonds. The monoisotopic (exact) mass is 337 g/mol. The SMILES string of the molecule is CCC1CCc2nc(NC(=O)N3CCCC(C(=O)O)C3)sc2C1. The molecular weight excluding hydrogens is 314 g/mol. The highest BCUT2D eigenvalue weighted by molar-refractivity contribution is 7.15. The molecule has 1 aromatic rings. The van der Waals surface area contributed by atoms with Crippen molar-refractivity contribution in [1.82, 2.24) is 9.88 Å². The zero-order chi connectivity index (χ0) is 16.4. The molecule has 0 aromatic carbocycles. The van der Waals surface area contributed by atoms with Gasteiger partial charge in [-0.3, -0.25) is 10.1 Å². The number of carboxylic acid groups (broad SMARTS) is 1. The van der Waals surface area contributed by atoms with E-state index < -0.39 is 11.9 Å².